The van der Waals surface area contributed by atoms with E-state index in [1.807, 2.05) is 0 Å². The fourth-order valence-corrected chi connectivity index (χ4v) is 3.73. The molecule has 1 fully saturated rings. The lowest BCUT2D eigenvalue weighted by Gasteiger charge is -2.25. The van der Waals surface area contributed by atoms with Gasteiger partial charge in [-0.2, -0.15) is 0 Å². The lowest BCUT2D eigenvalue weighted by Crippen LogP contribution is -2.37. The minimum atomic E-state index is -3.30. The summed E-state index contributed by atoms with van der Waals surface area (Å²) >= 11 is 0. The van der Waals surface area contributed by atoms with Crippen LogP contribution in [0.15, 0.2) is 24.5 Å². The first kappa shape index (κ1) is 18.6. The van der Waals surface area contributed by atoms with E-state index in [4.69, 9.17) is 10.2 Å². The molecule has 0 saturated carbocycles. The third-order valence-electron chi connectivity index (χ3n) is 3.61. The molecule has 8 nitrogen and oxygen atoms in total. The summed E-state index contributed by atoms with van der Waals surface area (Å²) in [5, 5.41) is 13.7. The minimum absolute atomic E-state index is 0.111. The van der Waals surface area contributed by atoms with Crippen LogP contribution in [-0.2, 0) is 14.9 Å². The fourth-order valence-electron chi connectivity index (χ4n) is 2.32. The Kier molecular flexibility index (Phi) is 7.41. The predicted octanol–water partition coefficient (Wildman–Crippen LogP) is 1.55. The quantitative estimate of drug-likeness (QED) is 0.371. The van der Waals surface area contributed by atoms with E-state index < -0.39 is 10.0 Å². The maximum absolute atomic E-state index is 12.1. The van der Waals surface area contributed by atoms with Gasteiger partial charge >= 0.3 is 0 Å². The molecular formula is C15H25N5O3S. The lowest BCUT2D eigenvalue weighted by molar-refractivity contribution is -0.108. The Morgan fingerprint density at radius 1 is 1.25 bits per heavy atom. The van der Waals surface area contributed by atoms with Crippen LogP contribution in [0.2, 0.25) is 0 Å². The van der Waals surface area contributed by atoms with Crippen molar-refractivity contribution in [1.29, 1.82) is 5.41 Å². The van der Waals surface area contributed by atoms with Crippen molar-refractivity contribution >= 4 is 21.7 Å². The maximum atomic E-state index is 12.1. The molecule has 134 valence electrons. The van der Waals surface area contributed by atoms with Crippen molar-refractivity contribution in [3.05, 3.63) is 24.5 Å². The summed E-state index contributed by atoms with van der Waals surface area (Å²) in [6.07, 6.45) is 7.26. The van der Waals surface area contributed by atoms with Crippen molar-refractivity contribution in [3.8, 4) is 0 Å². The second-order valence-corrected chi connectivity index (χ2v) is 7.59. The summed E-state index contributed by atoms with van der Waals surface area (Å²) in [4.78, 5) is 9.11. The molecule has 2 rings (SSSR count). The standard InChI is InChI=1S/C15H25N5O3S/c16-15(19-14-6-9-17-10-7-14)18-8-2-1-5-13-24(21,22)20-11-3-4-12-23-20/h6-7,9-10H,1-5,8,11-13H2,(H3,16,17,18,19). The van der Waals surface area contributed by atoms with Gasteiger partial charge in [0.2, 0.25) is 10.0 Å². The molecule has 1 aliphatic heterocycles. The van der Waals surface area contributed by atoms with Crippen molar-refractivity contribution in [3.63, 3.8) is 0 Å². The van der Waals surface area contributed by atoms with E-state index >= 15 is 0 Å². The van der Waals surface area contributed by atoms with Crippen LogP contribution in [-0.4, -0.2) is 49.3 Å². The zero-order valence-corrected chi connectivity index (χ0v) is 14.5. The van der Waals surface area contributed by atoms with Gasteiger partial charge in [0.25, 0.3) is 0 Å². The topological polar surface area (TPSA) is 107 Å². The number of guanidine groups is 1. The Balaban J connectivity index is 1.55. The van der Waals surface area contributed by atoms with Gasteiger partial charge in [-0.25, -0.2) is 8.42 Å². The first-order chi connectivity index (χ1) is 11.6. The third kappa shape index (κ3) is 6.42. The Morgan fingerprint density at radius 3 is 2.75 bits per heavy atom. The Morgan fingerprint density at radius 2 is 2.04 bits per heavy atom. The van der Waals surface area contributed by atoms with Crippen molar-refractivity contribution in [2.45, 2.75) is 32.1 Å². The summed E-state index contributed by atoms with van der Waals surface area (Å²) in [6.45, 7) is 1.56. The Bertz CT molecular complexity index is 603. The van der Waals surface area contributed by atoms with Gasteiger partial charge in [0.05, 0.1) is 12.4 Å². The van der Waals surface area contributed by atoms with E-state index in [0.717, 1.165) is 35.8 Å². The molecule has 0 unspecified atom stereocenters. The van der Waals surface area contributed by atoms with Crippen LogP contribution >= 0.6 is 0 Å². The van der Waals surface area contributed by atoms with Crippen LogP contribution in [0, 0.1) is 5.41 Å². The largest absolute Gasteiger partial charge is 0.356 e. The fraction of sp³-hybridized carbons (Fsp3) is 0.600. The molecule has 0 atom stereocenters. The van der Waals surface area contributed by atoms with Crippen molar-refractivity contribution in [2.24, 2.45) is 0 Å². The molecule has 2 heterocycles. The molecule has 1 saturated heterocycles. The maximum Gasteiger partial charge on any atom is 0.236 e. The van der Waals surface area contributed by atoms with Crippen molar-refractivity contribution in [1.82, 2.24) is 14.8 Å². The molecular weight excluding hydrogens is 330 g/mol. The number of hydrogen-bond acceptors (Lipinski definition) is 5. The van der Waals surface area contributed by atoms with Crippen LogP contribution in [0.4, 0.5) is 5.69 Å². The number of sulfonamides is 1. The summed E-state index contributed by atoms with van der Waals surface area (Å²) < 4.78 is 25.3. The molecule has 0 aliphatic carbocycles. The highest BCUT2D eigenvalue weighted by atomic mass is 32.2. The first-order valence-electron chi connectivity index (χ1n) is 8.21. The van der Waals surface area contributed by atoms with Gasteiger partial charge in [0, 0.05) is 31.2 Å². The Hall–Kier alpha value is -1.71. The van der Waals surface area contributed by atoms with E-state index in [9.17, 15) is 8.42 Å². The number of aromatic nitrogens is 1. The van der Waals surface area contributed by atoms with Gasteiger partial charge in [-0.3, -0.25) is 15.2 Å². The zero-order valence-electron chi connectivity index (χ0n) is 13.7. The molecule has 3 N–H and O–H groups in total. The van der Waals surface area contributed by atoms with Gasteiger partial charge in [0.15, 0.2) is 5.96 Å². The molecule has 1 aromatic heterocycles. The lowest BCUT2D eigenvalue weighted by atomic mass is 10.2. The summed E-state index contributed by atoms with van der Waals surface area (Å²) in [5.74, 6) is 0.329. The van der Waals surface area contributed by atoms with Gasteiger partial charge in [0.1, 0.15) is 0 Å². The zero-order chi connectivity index (χ0) is 17.3. The molecule has 0 bridgehead atoms. The van der Waals surface area contributed by atoms with E-state index in [1.54, 1.807) is 24.5 Å². The van der Waals surface area contributed by atoms with Gasteiger partial charge in [-0.15, -0.1) is 0 Å². The van der Waals surface area contributed by atoms with E-state index in [-0.39, 0.29) is 11.7 Å². The smallest absolute Gasteiger partial charge is 0.236 e. The number of nitrogens with one attached hydrogen (secondary N) is 3. The molecule has 0 radical (unpaired) electrons. The van der Waals surface area contributed by atoms with E-state index in [2.05, 4.69) is 15.6 Å². The van der Waals surface area contributed by atoms with Gasteiger partial charge < -0.3 is 10.6 Å². The number of unbranched alkanes of at least 4 members (excludes halogenated alkanes) is 2. The van der Waals surface area contributed by atoms with Crippen LogP contribution in [0.5, 0.6) is 0 Å². The molecule has 0 aromatic carbocycles. The number of rotatable bonds is 8. The second kappa shape index (κ2) is 9.55. The molecule has 0 spiro atoms. The summed E-state index contributed by atoms with van der Waals surface area (Å²) in [5.41, 5.74) is 0.801. The monoisotopic (exact) mass is 355 g/mol. The van der Waals surface area contributed by atoms with Crippen LogP contribution in [0.1, 0.15) is 32.1 Å². The number of pyridine rings is 1. The number of hydroxylamine groups is 1. The van der Waals surface area contributed by atoms with E-state index in [1.165, 1.54) is 0 Å². The number of hydrogen-bond donors (Lipinski definition) is 3. The first-order valence-corrected chi connectivity index (χ1v) is 9.82. The van der Waals surface area contributed by atoms with Crippen LogP contribution in [0.3, 0.4) is 0 Å². The average molecular weight is 355 g/mol. The van der Waals surface area contributed by atoms with Crippen molar-refractivity contribution < 1.29 is 13.3 Å². The van der Waals surface area contributed by atoms with E-state index in [0.29, 0.717) is 26.1 Å². The van der Waals surface area contributed by atoms with Gasteiger partial charge in [-0.1, -0.05) is 10.9 Å². The normalized spacial score (nSPS) is 15.8. The van der Waals surface area contributed by atoms with Crippen LogP contribution in [0.25, 0.3) is 0 Å². The Labute approximate surface area is 143 Å². The average Bonchev–Trinajstić information content (AvgIpc) is 2.59. The van der Waals surface area contributed by atoms with Crippen molar-refractivity contribution in [2.75, 3.05) is 30.8 Å². The number of anilines is 1. The third-order valence-corrected chi connectivity index (χ3v) is 5.32. The highest BCUT2D eigenvalue weighted by Crippen LogP contribution is 2.13. The summed E-state index contributed by atoms with van der Waals surface area (Å²) in [7, 11) is -3.30. The predicted molar refractivity (Wildman–Crippen MR) is 93.1 cm³/mol. The molecule has 24 heavy (non-hydrogen) atoms. The second-order valence-electron chi connectivity index (χ2n) is 5.61. The molecule has 1 aliphatic rings. The van der Waals surface area contributed by atoms with Crippen LogP contribution < -0.4 is 10.6 Å². The molecule has 0 amide bonds. The van der Waals surface area contributed by atoms with Gasteiger partial charge in [-0.05, 0) is 37.8 Å². The highest BCUT2D eigenvalue weighted by Gasteiger charge is 2.24. The SMILES string of the molecule is N=C(NCCCCCS(=O)(=O)N1CCCCO1)Nc1ccncc1. The summed E-state index contributed by atoms with van der Waals surface area (Å²) in [6, 6.07) is 3.56. The highest BCUT2D eigenvalue weighted by molar-refractivity contribution is 7.88. The minimum Gasteiger partial charge on any atom is -0.356 e. The number of nitrogens with zero attached hydrogens (tertiary/aromatic N) is 2. The molecule has 1 aromatic rings. The molecule has 9 heteroatoms.